The van der Waals surface area contributed by atoms with Crippen LogP contribution < -0.4 is 0 Å². The first kappa shape index (κ1) is 14.4. The van der Waals surface area contributed by atoms with Crippen molar-refractivity contribution in [3.05, 3.63) is 70.8 Å². The van der Waals surface area contributed by atoms with Gasteiger partial charge < -0.3 is 4.74 Å². The minimum Gasteiger partial charge on any atom is -0.481 e. The van der Waals surface area contributed by atoms with Crippen LogP contribution in [0.4, 0.5) is 13.2 Å². The molecule has 0 N–H and O–H groups in total. The largest absolute Gasteiger partial charge is 0.481 e. The Morgan fingerprint density at radius 1 is 0.955 bits per heavy atom. The number of benzene rings is 2. The number of methoxy groups -OCH3 is 1. The topological polar surface area (TPSA) is 21.6 Å². The Balaban J connectivity index is 1.98. The Labute approximate surface area is 125 Å². The summed E-state index contributed by atoms with van der Waals surface area (Å²) in [4.78, 5) is 4.37. The van der Waals surface area contributed by atoms with Crippen LogP contribution in [0.2, 0.25) is 0 Å². The van der Waals surface area contributed by atoms with E-state index in [2.05, 4.69) is 4.99 Å². The Morgan fingerprint density at radius 3 is 2.18 bits per heavy atom. The van der Waals surface area contributed by atoms with Gasteiger partial charge in [-0.2, -0.15) is 13.2 Å². The van der Waals surface area contributed by atoms with E-state index in [0.717, 1.165) is 23.3 Å². The molecule has 2 aromatic carbocycles. The van der Waals surface area contributed by atoms with Crippen LogP contribution in [0.25, 0.3) is 11.8 Å². The standard InChI is InChI=1S/C17H12F3NO/c1-22-16-14-5-3-2-4-13(14)15(21-16)10-11-6-8-12(9-7-11)17(18,19)20/h2-10H,1H3. The summed E-state index contributed by atoms with van der Waals surface area (Å²) in [5.41, 5.74) is 2.44. The Bertz CT molecular complexity index is 758. The van der Waals surface area contributed by atoms with E-state index < -0.39 is 11.7 Å². The maximum atomic E-state index is 12.6. The average molecular weight is 303 g/mol. The highest BCUT2D eigenvalue weighted by Crippen LogP contribution is 2.32. The summed E-state index contributed by atoms with van der Waals surface area (Å²) in [5, 5.41) is 0. The van der Waals surface area contributed by atoms with Crippen LogP contribution in [-0.4, -0.2) is 13.0 Å². The van der Waals surface area contributed by atoms with E-state index in [1.165, 1.54) is 19.2 Å². The van der Waals surface area contributed by atoms with Crippen LogP contribution in [0.3, 0.4) is 0 Å². The number of hydrogen-bond acceptors (Lipinski definition) is 2. The van der Waals surface area contributed by atoms with Crippen LogP contribution in [0.5, 0.6) is 0 Å². The summed E-state index contributed by atoms with van der Waals surface area (Å²) in [6, 6.07) is 12.5. The second kappa shape index (κ2) is 5.33. The van der Waals surface area contributed by atoms with Gasteiger partial charge in [0.15, 0.2) is 0 Å². The Hall–Kier alpha value is -2.56. The van der Waals surface area contributed by atoms with Crippen molar-refractivity contribution in [1.82, 2.24) is 0 Å². The number of rotatable bonds is 1. The van der Waals surface area contributed by atoms with Crippen molar-refractivity contribution in [2.24, 2.45) is 4.99 Å². The van der Waals surface area contributed by atoms with Gasteiger partial charge in [0, 0.05) is 11.1 Å². The normalized spacial score (nSPS) is 15.6. The molecule has 1 heterocycles. The summed E-state index contributed by atoms with van der Waals surface area (Å²) in [6.07, 6.45) is -2.59. The van der Waals surface area contributed by atoms with Crippen LogP contribution in [0.15, 0.2) is 53.5 Å². The third-order valence-electron chi connectivity index (χ3n) is 3.39. The molecule has 0 aliphatic carbocycles. The summed E-state index contributed by atoms with van der Waals surface area (Å²) in [5.74, 6) is 0.508. The molecule has 2 nitrogen and oxygen atoms in total. The van der Waals surface area contributed by atoms with Crippen molar-refractivity contribution >= 4 is 17.7 Å². The predicted molar refractivity (Wildman–Crippen MR) is 79.3 cm³/mol. The second-order valence-corrected chi connectivity index (χ2v) is 4.82. The number of ether oxygens (including phenoxy) is 1. The van der Waals surface area contributed by atoms with E-state index in [0.29, 0.717) is 17.2 Å². The fourth-order valence-corrected chi connectivity index (χ4v) is 2.31. The molecule has 5 heteroatoms. The number of alkyl halides is 3. The van der Waals surface area contributed by atoms with Gasteiger partial charge in [-0.25, -0.2) is 4.99 Å². The molecule has 0 saturated carbocycles. The first-order valence-corrected chi connectivity index (χ1v) is 6.60. The van der Waals surface area contributed by atoms with Crippen molar-refractivity contribution in [3.8, 4) is 0 Å². The molecule has 112 valence electrons. The molecular formula is C17H12F3NO. The Kier molecular flexibility index (Phi) is 3.48. The molecule has 0 spiro atoms. The van der Waals surface area contributed by atoms with Gasteiger partial charge in [0.05, 0.1) is 18.4 Å². The van der Waals surface area contributed by atoms with Crippen LogP contribution in [-0.2, 0) is 10.9 Å². The second-order valence-electron chi connectivity index (χ2n) is 4.82. The van der Waals surface area contributed by atoms with Gasteiger partial charge in [-0.05, 0) is 29.8 Å². The first-order chi connectivity index (χ1) is 10.5. The predicted octanol–water partition coefficient (Wildman–Crippen LogP) is 4.61. The summed E-state index contributed by atoms with van der Waals surface area (Å²) in [7, 11) is 1.54. The number of nitrogens with zero attached hydrogens (tertiary/aromatic N) is 1. The summed E-state index contributed by atoms with van der Waals surface area (Å²) >= 11 is 0. The van der Waals surface area contributed by atoms with Gasteiger partial charge in [0.1, 0.15) is 0 Å². The third-order valence-corrected chi connectivity index (χ3v) is 3.39. The van der Waals surface area contributed by atoms with E-state index in [9.17, 15) is 13.2 Å². The molecule has 0 atom stereocenters. The number of fused-ring (bicyclic) bond motifs is 1. The molecule has 0 amide bonds. The van der Waals surface area contributed by atoms with E-state index in [-0.39, 0.29) is 0 Å². The van der Waals surface area contributed by atoms with Gasteiger partial charge in [-0.1, -0.05) is 30.3 Å². The maximum absolute atomic E-state index is 12.6. The molecule has 0 bridgehead atoms. The molecule has 1 aliphatic rings. The van der Waals surface area contributed by atoms with Gasteiger partial charge in [0.2, 0.25) is 5.90 Å². The van der Waals surface area contributed by atoms with Crippen molar-refractivity contribution in [1.29, 1.82) is 0 Å². The SMILES string of the molecule is COC1=NC(=Cc2ccc(C(F)(F)F)cc2)c2ccccc21. The third kappa shape index (κ3) is 2.62. The summed E-state index contributed by atoms with van der Waals surface area (Å²) < 4.78 is 42.9. The lowest BCUT2D eigenvalue weighted by Crippen LogP contribution is -2.03. The maximum Gasteiger partial charge on any atom is 0.416 e. The number of hydrogen-bond donors (Lipinski definition) is 0. The Morgan fingerprint density at radius 2 is 1.59 bits per heavy atom. The number of aliphatic imine (C=N–C) groups is 1. The molecule has 2 aromatic rings. The molecule has 0 unspecified atom stereocenters. The minimum absolute atomic E-state index is 0.508. The highest BCUT2D eigenvalue weighted by Gasteiger charge is 2.30. The van der Waals surface area contributed by atoms with Crippen molar-refractivity contribution in [2.45, 2.75) is 6.18 Å². The lowest BCUT2D eigenvalue weighted by molar-refractivity contribution is -0.137. The summed E-state index contributed by atoms with van der Waals surface area (Å²) in [6.45, 7) is 0. The average Bonchev–Trinajstić information content (AvgIpc) is 2.85. The highest BCUT2D eigenvalue weighted by atomic mass is 19.4. The molecular weight excluding hydrogens is 291 g/mol. The van der Waals surface area contributed by atoms with Gasteiger partial charge in [-0.3, -0.25) is 0 Å². The lowest BCUT2D eigenvalue weighted by Gasteiger charge is -2.06. The van der Waals surface area contributed by atoms with Crippen molar-refractivity contribution in [2.75, 3.05) is 7.11 Å². The van der Waals surface area contributed by atoms with Gasteiger partial charge >= 0.3 is 6.18 Å². The fourth-order valence-electron chi connectivity index (χ4n) is 2.31. The minimum atomic E-state index is -4.33. The lowest BCUT2D eigenvalue weighted by atomic mass is 10.0. The van der Waals surface area contributed by atoms with Gasteiger partial charge in [0.25, 0.3) is 0 Å². The molecule has 3 rings (SSSR count). The van der Waals surface area contributed by atoms with Gasteiger partial charge in [-0.15, -0.1) is 0 Å². The zero-order chi connectivity index (χ0) is 15.7. The van der Waals surface area contributed by atoms with E-state index in [1.807, 2.05) is 24.3 Å². The number of halogens is 3. The molecule has 0 radical (unpaired) electrons. The van der Waals surface area contributed by atoms with E-state index in [4.69, 9.17) is 4.74 Å². The van der Waals surface area contributed by atoms with Crippen LogP contribution >= 0.6 is 0 Å². The zero-order valence-electron chi connectivity index (χ0n) is 11.7. The van der Waals surface area contributed by atoms with Crippen LogP contribution in [0, 0.1) is 0 Å². The van der Waals surface area contributed by atoms with Crippen LogP contribution in [0.1, 0.15) is 22.3 Å². The van der Waals surface area contributed by atoms with Crippen molar-refractivity contribution < 1.29 is 17.9 Å². The van der Waals surface area contributed by atoms with E-state index in [1.54, 1.807) is 6.08 Å². The molecule has 22 heavy (non-hydrogen) atoms. The molecule has 0 aromatic heterocycles. The molecule has 1 aliphatic heterocycles. The fraction of sp³-hybridized carbons (Fsp3) is 0.118. The highest BCUT2D eigenvalue weighted by molar-refractivity contribution is 6.09. The monoisotopic (exact) mass is 303 g/mol. The van der Waals surface area contributed by atoms with E-state index >= 15 is 0 Å². The first-order valence-electron chi connectivity index (χ1n) is 6.60. The molecule has 0 fully saturated rings. The van der Waals surface area contributed by atoms with Crippen molar-refractivity contribution in [3.63, 3.8) is 0 Å². The quantitative estimate of drug-likeness (QED) is 0.754. The zero-order valence-corrected chi connectivity index (χ0v) is 11.7. The molecule has 0 saturated heterocycles. The smallest absolute Gasteiger partial charge is 0.416 e.